The zero-order chi connectivity index (χ0) is 13.9. The predicted molar refractivity (Wildman–Crippen MR) is 66.7 cm³/mol. The van der Waals surface area contributed by atoms with Crippen LogP contribution in [0.1, 0.15) is 11.6 Å². The van der Waals surface area contributed by atoms with Gasteiger partial charge in [0.1, 0.15) is 16.4 Å². The zero-order valence-electron chi connectivity index (χ0n) is 10.5. The number of aliphatic hydroxyl groups is 1. The minimum Gasteiger partial charge on any atom is -0.496 e. The second kappa shape index (κ2) is 5.55. The third-order valence-corrected chi connectivity index (χ3v) is 3.63. The topological polar surface area (TPSA) is 98.9 Å². The summed E-state index contributed by atoms with van der Waals surface area (Å²) in [5.41, 5.74) is 6.21. The molecule has 0 aliphatic carbocycles. The van der Waals surface area contributed by atoms with Gasteiger partial charge in [-0.2, -0.15) is 0 Å². The molecule has 1 unspecified atom stereocenters. The molecule has 0 aromatic heterocycles. The Hall–Kier alpha value is -1.31. The molecule has 0 saturated carbocycles. The van der Waals surface area contributed by atoms with Gasteiger partial charge in [0.25, 0.3) is 0 Å². The maximum absolute atomic E-state index is 11.6. The van der Waals surface area contributed by atoms with Gasteiger partial charge in [-0.1, -0.05) is 0 Å². The summed E-state index contributed by atoms with van der Waals surface area (Å²) in [6.07, 6.45) is 1.08. The fraction of sp³-hybridized carbons (Fsp3) is 0.455. The monoisotopic (exact) mass is 275 g/mol. The summed E-state index contributed by atoms with van der Waals surface area (Å²) >= 11 is 0. The van der Waals surface area contributed by atoms with E-state index in [1.165, 1.54) is 26.4 Å². The number of rotatable bonds is 5. The van der Waals surface area contributed by atoms with Crippen molar-refractivity contribution in [1.29, 1.82) is 0 Å². The van der Waals surface area contributed by atoms with Crippen molar-refractivity contribution >= 4 is 9.84 Å². The molecule has 1 atom stereocenters. The summed E-state index contributed by atoms with van der Waals surface area (Å²) in [6, 6.07) is 2.15. The highest BCUT2D eigenvalue weighted by atomic mass is 32.2. The Labute approximate surface area is 106 Å². The molecule has 1 rings (SSSR count). The van der Waals surface area contributed by atoms with Crippen LogP contribution in [0.3, 0.4) is 0 Å². The standard InChI is InChI=1S/C11H17NO5S/c1-16-9-5-11(18(3,14)15)10(17-2)4-7(9)8(12)6-13/h4-5,8,13H,6,12H2,1-3H3. The van der Waals surface area contributed by atoms with Gasteiger partial charge < -0.3 is 20.3 Å². The van der Waals surface area contributed by atoms with Crippen molar-refractivity contribution in [2.45, 2.75) is 10.9 Å². The van der Waals surface area contributed by atoms with Gasteiger partial charge in [-0.3, -0.25) is 0 Å². The van der Waals surface area contributed by atoms with Gasteiger partial charge >= 0.3 is 0 Å². The first-order chi connectivity index (χ1) is 8.35. The molecule has 0 amide bonds. The Morgan fingerprint density at radius 3 is 2.22 bits per heavy atom. The van der Waals surface area contributed by atoms with Gasteiger partial charge in [-0.25, -0.2) is 8.42 Å². The molecular formula is C11H17NO5S. The third-order valence-electron chi connectivity index (χ3n) is 2.51. The second-order valence-corrected chi connectivity index (χ2v) is 5.79. The van der Waals surface area contributed by atoms with Crippen LogP contribution in [0.15, 0.2) is 17.0 Å². The molecule has 0 bridgehead atoms. The maximum Gasteiger partial charge on any atom is 0.179 e. The maximum atomic E-state index is 11.6. The number of benzene rings is 1. The molecule has 0 aliphatic heterocycles. The largest absolute Gasteiger partial charge is 0.496 e. The fourth-order valence-electron chi connectivity index (χ4n) is 1.57. The molecule has 6 nitrogen and oxygen atoms in total. The Morgan fingerprint density at radius 2 is 1.83 bits per heavy atom. The van der Waals surface area contributed by atoms with Gasteiger partial charge in [0.05, 0.1) is 26.9 Å². The minimum absolute atomic E-state index is 0.0238. The molecule has 0 radical (unpaired) electrons. The number of methoxy groups -OCH3 is 2. The molecule has 1 aromatic rings. The van der Waals surface area contributed by atoms with Gasteiger partial charge in [0.2, 0.25) is 0 Å². The quantitative estimate of drug-likeness (QED) is 0.790. The highest BCUT2D eigenvalue weighted by Gasteiger charge is 2.21. The Kier molecular flexibility index (Phi) is 4.55. The fourth-order valence-corrected chi connectivity index (χ4v) is 2.40. The molecule has 0 saturated heterocycles. The molecule has 0 spiro atoms. The first-order valence-corrected chi connectivity index (χ1v) is 7.06. The normalized spacial score (nSPS) is 13.2. The van der Waals surface area contributed by atoms with E-state index in [4.69, 9.17) is 20.3 Å². The van der Waals surface area contributed by atoms with Crippen LogP contribution in [0.25, 0.3) is 0 Å². The lowest BCUT2D eigenvalue weighted by Gasteiger charge is -2.17. The van der Waals surface area contributed by atoms with E-state index in [1.54, 1.807) is 0 Å². The van der Waals surface area contributed by atoms with E-state index in [2.05, 4.69) is 0 Å². The van der Waals surface area contributed by atoms with Crippen molar-refractivity contribution in [3.05, 3.63) is 17.7 Å². The van der Waals surface area contributed by atoms with Crippen LogP contribution in [-0.4, -0.2) is 40.6 Å². The third kappa shape index (κ3) is 2.92. The van der Waals surface area contributed by atoms with E-state index < -0.39 is 15.9 Å². The van der Waals surface area contributed by atoms with Gasteiger partial charge in [-0.05, 0) is 6.07 Å². The molecule has 0 aliphatic rings. The van der Waals surface area contributed by atoms with Gasteiger partial charge in [-0.15, -0.1) is 0 Å². The summed E-state index contributed by atoms with van der Waals surface area (Å²) < 4.78 is 33.4. The number of sulfone groups is 1. The van der Waals surface area contributed by atoms with E-state index in [1.807, 2.05) is 0 Å². The average Bonchev–Trinajstić information content (AvgIpc) is 2.34. The number of nitrogens with two attached hydrogens (primary N) is 1. The van der Waals surface area contributed by atoms with E-state index in [0.29, 0.717) is 11.3 Å². The van der Waals surface area contributed by atoms with Crippen molar-refractivity contribution in [3.63, 3.8) is 0 Å². The lowest BCUT2D eigenvalue weighted by atomic mass is 10.1. The molecule has 18 heavy (non-hydrogen) atoms. The van der Waals surface area contributed by atoms with Crippen LogP contribution in [0.4, 0.5) is 0 Å². The molecule has 7 heteroatoms. The highest BCUT2D eigenvalue weighted by Crippen LogP contribution is 2.34. The van der Waals surface area contributed by atoms with Crippen molar-refractivity contribution in [3.8, 4) is 11.5 Å². The van der Waals surface area contributed by atoms with Crippen LogP contribution < -0.4 is 15.2 Å². The SMILES string of the molecule is COc1cc(S(C)(=O)=O)c(OC)cc1C(N)CO. The van der Waals surface area contributed by atoms with E-state index in [-0.39, 0.29) is 17.3 Å². The summed E-state index contributed by atoms with van der Waals surface area (Å²) in [5, 5.41) is 9.06. The molecular weight excluding hydrogens is 258 g/mol. The number of hydrogen-bond acceptors (Lipinski definition) is 6. The smallest absolute Gasteiger partial charge is 0.179 e. The zero-order valence-corrected chi connectivity index (χ0v) is 11.3. The average molecular weight is 275 g/mol. The van der Waals surface area contributed by atoms with E-state index in [0.717, 1.165) is 6.26 Å². The Morgan fingerprint density at radius 1 is 1.28 bits per heavy atom. The summed E-state index contributed by atoms with van der Waals surface area (Å²) in [7, 11) is -0.666. The second-order valence-electron chi connectivity index (χ2n) is 3.81. The predicted octanol–water partition coefficient (Wildman–Crippen LogP) is 0.0994. The first kappa shape index (κ1) is 14.7. The summed E-state index contributed by atoms with van der Waals surface area (Å²) in [5.74, 6) is 0.481. The van der Waals surface area contributed by atoms with Crippen LogP contribution in [0.5, 0.6) is 11.5 Å². The molecule has 0 fully saturated rings. The molecule has 3 N–H and O–H groups in total. The lowest BCUT2D eigenvalue weighted by molar-refractivity contribution is 0.264. The van der Waals surface area contributed by atoms with Crippen LogP contribution >= 0.6 is 0 Å². The van der Waals surface area contributed by atoms with Crippen molar-refractivity contribution in [1.82, 2.24) is 0 Å². The van der Waals surface area contributed by atoms with E-state index >= 15 is 0 Å². The van der Waals surface area contributed by atoms with Crippen molar-refractivity contribution in [2.24, 2.45) is 5.73 Å². The lowest BCUT2D eigenvalue weighted by Crippen LogP contribution is -2.16. The number of ether oxygens (including phenoxy) is 2. The first-order valence-electron chi connectivity index (χ1n) is 5.17. The molecule has 1 aromatic carbocycles. The minimum atomic E-state index is -3.44. The highest BCUT2D eigenvalue weighted by molar-refractivity contribution is 7.90. The van der Waals surface area contributed by atoms with Crippen molar-refractivity contribution in [2.75, 3.05) is 27.1 Å². The molecule has 102 valence electrons. The Bertz CT molecular complexity index is 526. The number of aliphatic hydroxyl groups excluding tert-OH is 1. The Balaban J connectivity index is 3.52. The van der Waals surface area contributed by atoms with Crippen LogP contribution in [0.2, 0.25) is 0 Å². The van der Waals surface area contributed by atoms with Gasteiger partial charge in [0.15, 0.2) is 9.84 Å². The van der Waals surface area contributed by atoms with E-state index in [9.17, 15) is 8.42 Å². The molecule has 0 heterocycles. The number of hydrogen-bond donors (Lipinski definition) is 2. The summed E-state index contributed by atoms with van der Waals surface area (Å²) in [4.78, 5) is 0.0238. The van der Waals surface area contributed by atoms with Gasteiger partial charge in [0, 0.05) is 17.9 Å². The van der Waals surface area contributed by atoms with Crippen LogP contribution in [-0.2, 0) is 9.84 Å². The van der Waals surface area contributed by atoms with Crippen LogP contribution in [0, 0.1) is 0 Å². The van der Waals surface area contributed by atoms with Crippen molar-refractivity contribution < 1.29 is 23.0 Å². The summed E-state index contributed by atoms with van der Waals surface area (Å²) in [6.45, 7) is -0.280.